The van der Waals surface area contributed by atoms with Crippen LogP contribution in [0, 0.1) is 12.7 Å². The van der Waals surface area contributed by atoms with E-state index in [1.807, 2.05) is 0 Å². The van der Waals surface area contributed by atoms with Crippen LogP contribution in [0.15, 0.2) is 47.1 Å². The molecule has 0 radical (unpaired) electrons. The van der Waals surface area contributed by atoms with Crippen LogP contribution in [-0.4, -0.2) is 57.7 Å². The first-order valence-electron chi connectivity index (χ1n) is 11.1. The molecule has 4 rings (SSSR count). The van der Waals surface area contributed by atoms with Crippen LogP contribution in [-0.2, 0) is 21.2 Å². The minimum atomic E-state index is -4.12. The SMILES string of the molecule is COc1cccc(OC)c1-n1c(CS(=O)(=O)[C@@H](C)[C@@](C)(O)c2ncc(F)cn2)nnc1-c1ccc(C)o1. The molecule has 0 fully saturated rings. The molecule has 3 aromatic heterocycles. The van der Waals surface area contributed by atoms with E-state index in [1.54, 1.807) is 37.3 Å². The predicted octanol–water partition coefficient (Wildman–Crippen LogP) is 2.99. The summed E-state index contributed by atoms with van der Waals surface area (Å²) in [6.45, 7) is 4.34. The second kappa shape index (κ2) is 9.90. The summed E-state index contributed by atoms with van der Waals surface area (Å²) in [7, 11) is -1.18. The topological polar surface area (TPSA) is 142 Å². The maximum atomic E-state index is 13.6. The van der Waals surface area contributed by atoms with Gasteiger partial charge in [0.25, 0.3) is 0 Å². The zero-order valence-corrected chi connectivity index (χ0v) is 21.7. The van der Waals surface area contributed by atoms with Crippen molar-refractivity contribution < 1.29 is 31.8 Å². The van der Waals surface area contributed by atoms with Gasteiger partial charge in [0.1, 0.15) is 34.3 Å². The highest BCUT2D eigenvalue weighted by atomic mass is 32.2. The quantitative estimate of drug-likeness (QED) is 0.342. The highest BCUT2D eigenvalue weighted by Crippen LogP contribution is 2.37. The molecule has 11 nitrogen and oxygen atoms in total. The van der Waals surface area contributed by atoms with Gasteiger partial charge in [-0.05, 0) is 45.0 Å². The molecule has 0 aliphatic carbocycles. The van der Waals surface area contributed by atoms with Crippen molar-refractivity contribution in [1.29, 1.82) is 0 Å². The van der Waals surface area contributed by atoms with Crippen LogP contribution < -0.4 is 9.47 Å². The smallest absolute Gasteiger partial charge is 0.204 e. The fraction of sp³-hybridized carbons (Fsp3) is 0.333. The maximum Gasteiger partial charge on any atom is 0.204 e. The van der Waals surface area contributed by atoms with Gasteiger partial charge in [-0.3, -0.25) is 4.57 Å². The number of aryl methyl sites for hydroxylation is 1. The molecule has 0 saturated heterocycles. The van der Waals surface area contributed by atoms with E-state index in [2.05, 4.69) is 20.2 Å². The molecule has 0 unspecified atom stereocenters. The molecular weight excluding hydrogens is 505 g/mol. The number of furan rings is 1. The Hall–Kier alpha value is -3.84. The molecule has 2 atom stereocenters. The highest BCUT2D eigenvalue weighted by Gasteiger charge is 2.42. The lowest BCUT2D eigenvalue weighted by molar-refractivity contribution is 0.0467. The average molecular weight is 532 g/mol. The number of aromatic nitrogens is 5. The minimum absolute atomic E-state index is 0.0227. The Kier molecular flexibility index (Phi) is 7.02. The molecule has 13 heteroatoms. The zero-order chi connectivity index (χ0) is 27.0. The molecule has 4 aromatic rings. The summed E-state index contributed by atoms with van der Waals surface area (Å²) in [5, 5.41) is 18.1. The third-order valence-electron chi connectivity index (χ3n) is 6.05. The van der Waals surface area contributed by atoms with Crippen LogP contribution in [0.2, 0.25) is 0 Å². The Morgan fingerprint density at radius 3 is 2.27 bits per heavy atom. The van der Waals surface area contributed by atoms with Crippen LogP contribution in [0.4, 0.5) is 4.39 Å². The molecule has 0 aliphatic rings. The minimum Gasteiger partial charge on any atom is -0.494 e. The molecule has 0 saturated carbocycles. The number of para-hydroxylation sites is 1. The number of aliphatic hydroxyl groups is 1. The molecule has 1 aromatic carbocycles. The van der Waals surface area contributed by atoms with Crippen molar-refractivity contribution in [3.63, 3.8) is 0 Å². The van der Waals surface area contributed by atoms with Crippen molar-refractivity contribution in [2.75, 3.05) is 14.2 Å². The summed E-state index contributed by atoms with van der Waals surface area (Å²) in [6, 6.07) is 8.53. The summed E-state index contributed by atoms with van der Waals surface area (Å²) >= 11 is 0. The van der Waals surface area contributed by atoms with Crippen molar-refractivity contribution >= 4 is 9.84 Å². The summed E-state index contributed by atoms with van der Waals surface area (Å²) in [6.07, 6.45) is 1.72. The molecule has 196 valence electrons. The van der Waals surface area contributed by atoms with E-state index in [1.165, 1.54) is 32.6 Å². The van der Waals surface area contributed by atoms with Gasteiger partial charge in [0.15, 0.2) is 33.1 Å². The van der Waals surface area contributed by atoms with Gasteiger partial charge in [-0.1, -0.05) is 6.07 Å². The summed E-state index contributed by atoms with van der Waals surface area (Å²) < 4.78 is 58.8. The van der Waals surface area contributed by atoms with Gasteiger partial charge in [-0.15, -0.1) is 10.2 Å². The van der Waals surface area contributed by atoms with E-state index >= 15 is 0 Å². The number of benzene rings is 1. The van der Waals surface area contributed by atoms with Gasteiger partial charge in [0.05, 0.1) is 31.9 Å². The van der Waals surface area contributed by atoms with E-state index in [0.29, 0.717) is 28.7 Å². The number of hydrogen-bond donors (Lipinski definition) is 1. The Labute approximate surface area is 212 Å². The Morgan fingerprint density at radius 1 is 1.11 bits per heavy atom. The lowest BCUT2D eigenvalue weighted by Crippen LogP contribution is -2.42. The number of rotatable bonds is 9. The molecule has 1 N–H and O–H groups in total. The van der Waals surface area contributed by atoms with Gasteiger partial charge in [0, 0.05) is 0 Å². The van der Waals surface area contributed by atoms with Gasteiger partial charge < -0.3 is 19.0 Å². The second-order valence-corrected chi connectivity index (χ2v) is 10.8. The molecule has 0 amide bonds. The third-order valence-corrected chi connectivity index (χ3v) is 8.25. The second-order valence-electron chi connectivity index (χ2n) is 8.52. The molecular formula is C24H26FN5O6S. The van der Waals surface area contributed by atoms with Gasteiger partial charge >= 0.3 is 0 Å². The van der Waals surface area contributed by atoms with E-state index in [9.17, 15) is 17.9 Å². The number of nitrogens with zero attached hydrogens (tertiary/aromatic N) is 5. The fourth-order valence-corrected chi connectivity index (χ4v) is 5.42. The van der Waals surface area contributed by atoms with Crippen molar-refractivity contribution in [2.45, 2.75) is 37.4 Å². The average Bonchev–Trinajstić information content (AvgIpc) is 3.48. The standard InChI is InChI=1S/C24H26FN5O6S/c1-14-9-10-19(36-14)22-29-28-20(30(22)21-17(34-4)7-6-8-18(21)35-5)13-37(32,33)15(2)24(3,31)23-26-11-16(25)12-27-23/h6-12,15,31H,13H2,1-5H3/t15-,24+/m0/s1. The maximum absolute atomic E-state index is 13.6. The summed E-state index contributed by atoms with van der Waals surface area (Å²) in [5.74, 6) is 0.399. The highest BCUT2D eigenvalue weighted by molar-refractivity contribution is 7.91. The van der Waals surface area contributed by atoms with Gasteiger partial charge in [-0.25, -0.2) is 22.8 Å². The van der Waals surface area contributed by atoms with Crippen molar-refractivity contribution in [2.24, 2.45) is 0 Å². The third kappa shape index (κ3) is 4.91. The van der Waals surface area contributed by atoms with Crippen LogP contribution in [0.1, 0.15) is 31.3 Å². The Morgan fingerprint density at radius 2 is 1.73 bits per heavy atom. The number of halogens is 1. The summed E-state index contributed by atoms with van der Waals surface area (Å²) in [4.78, 5) is 7.54. The Balaban J connectivity index is 1.84. The first kappa shape index (κ1) is 26.2. The largest absolute Gasteiger partial charge is 0.494 e. The van der Waals surface area contributed by atoms with Gasteiger partial charge in [-0.2, -0.15) is 0 Å². The van der Waals surface area contributed by atoms with E-state index < -0.39 is 32.3 Å². The number of methoxy groups -OCH3 is 2. The van der Waals surface area contributed by atoms with E-state index in [0.717, 1.165) is 12.4 Å². The lowest BCUT2D eigenvalue weighted by atomic mass is 10.0. The molecule has 0 aliphatic heterocycles. The number of hydrogen-bond acceptors (Lipinski definition) is 10. The Bertz CT molecular complexity index is 1490. The van der Waals surface area contributed by atoms with Crippen LogP contribution in [0.3, 0.4) is 0 Å². The first-order chi connectivity index (χ1) is 17.5. The molecule has 37 heavy (non-hydrogen) atoms. The van der Waals surface area contributed by atoms with Crippen molar-refractivity contribution in [3.8, 4) is 28.8 Å². The monoisotopic (exact) mass is 531 g/mol. The summed E-state index contributed by atoms with van der Waals surface area (Å²) in [5.41, 5.74) is -1.66. The van der Waals surface area contributed by atoms with Gasteiger partial charge in [0.2, 0.25) is 5.82 Å². The van der Waals surface area contributed by atoms with Crippen LogP contribution in [0.5, 0.6) is 11.5 Å². The zero-order valence-electron chi connectivity index (χ0n) is 20.8. The first-order valence-corrected chi connectivity index (χ1v) is 12.9. The molecule has 0 spiro atoms. The van der Waals surface area contributed by atoms with Crippen molar-refractivity contribution in [1.82, 2.24) is 24.7 Å². The lowest BCUT2D eigenvalue weighted by Gasteiger charge is -2.28. The number of ether oxygens (including phenoxy) is 2. The molecule has 0 bridgehead atoms. The predicted molar refractivity (Wildman–Crippen MR) is 131 cm³/mol. The fourth-order valence-electron chi connectivity index (χ4n) is 3.82. The normalized spacial score (nSPS) is 14.2. The number of sulfone groups is 1. The van der Waals surface area contributed by atoms with Crippen molar-refractivity contribution in [3.05, 3.63) is 66.0 Å². The van der Waals surface area contributed by atoms with E-state index in [-0.39, 0.29) is 17.5 Å². The molecule has 3 heterocycles. The van der Waals surface area contributed by atoms with Crippen LogP contribution >= 0.6 is 0 Å². The van der Waals surface area contributed by atoms with Crippen LogP contribution in [0.25, 0.3) is 17.3 Å². The van der Waals surface area contributed by atoms with E-state index in [4.69, 9.17) is 13.9 Å².